The minimum absolute atomic E-state index is 0.0339. The molecule has 0 radical (unpaired) electrons. The molecule has 3 N–H and O–H groups in total. The van der Waals surface area contributed by atoms with Crippen LogP contribution >= 0.6 is 11.8 Å². The molecule has 8 nitrogen and oxygen atoms in total. The maximum atomic E-state index is 13.9. The summed E-state index contributed by atoms with van der Waals surface area (Å²) in [5, 5.41) is 10.9. The summed E-state index contributed by atoms with van der Waals surface area (Å²) >= 11 is 1.08. The highest BCUT2D eigenvalue weighted by Crippen LogP contribution is 2.27. The number of carbonyl (C=O) groups excluding carboxylic acids is 1. The molecule has 10 heteroatoms. The van der Waals surface area contributed by atoms with Crippen LogP contribution in [0.2, 0.25) is 0 Å². The molecular formula is C18H18FN5O3S. The van der Waals surface area contributed by atoms with Crippen molar-refractivity contribution in [3.05, 3.63) is 48.3 Å². The molecule has 0 saturated heterocycles. The van der Waals surface area contributed by atoms with Crippen LogP contribution in [0.5, 0.6) is 11.5 Å². The topological polar surface area (TPSA) is 104 Å². The van der Waals surface area contributed by atoms with Crippen molar-refractivity contribution in [1.29, 1.82) is 0 Å². The van der Waals surface area contributed by atoms with Gasteiger partial charge in [0.15, 0.2) is 5.82 Å². The lowest BCUT2D eigenvalue weighted by Crippen LogP contribution is -2.16. The Balaban J connectivity index is 1.67. The summed E-state index contributed by atoms with van der Waals surface area (Å²) in [7, 11) is 3.05. The van der Waals surface area contributed by atoms with E-state index in [1.807, 2.05) is 0 Å². The van der Waals surface area contributed by atoms with E-state index in [9.17, 15) is 9.18 Å². The van der Waals surface area contributed by atoms with E-state index in [2.05, 4.69) is 15.5 Å². The van der Waals surface area contributed by atoms with Gasteiger partial charge >= 0.3 is 0 Å². The third kappa shape index (κ3) is 4.34. The zero-order valence-corrected chi connectivity index (χ0v) is 16.0. The predicted molar refractivity (Wildman–Crippen MR) is 104 cm³/mol. The van der Waals surface area contributed by atoms with Gasteiger partial charge < -0.3 is 20.6 Å². The molecule has 0 aliphatic heterocycles. The molecule has 0 aliphatic rings. The number of hydrogen-bond acceptors (Lipinski definition) is 7. The summed E-state index contributed by atoms with van der Waals surface area (Å²) < 4.78 is 25.4. The summed E-state index contributed by atoms with van der Waals surface area (Å²) in [6, 6.07) is 11.2. The van der Waals surface area contributed by atoms with E-state index in [1.165, 1.54) is 20.3 Å². The molecule has 2 aromatic carbocycles. The number of nitrogens with two attached hydrogens (primary N) is 1. The normalized spacial score (nSPS) is 10.5. The molecule has 0 saturated carbocycles. The first kappa shape index (κ1) is 19.5. The van der Waals surface area contributed by atoms with E-state index in [0.29, 0.717) is 17.2 Å². The molecule has 3 aromatic rings. The standard InChI is InChI=1S/C18H18FN5O3S/c1-26-12-7-11(8-13(9-12)27-2)21-16(25)10-28-18-23-22-17(24(18)20)14-5-3-4-6-15(14)19/h3-9H,10,20H2,1-2H3,(H,21,25). The van der Waals surface area contributed by atoms with Crippen molar-refractivity contribution in [2.24, 2.45) is 0 Å². The predicted octanol–water partition coefficient (Wildman–Crippen LogP) is 2.55. The van der Waals surface area contributed by atoms with E-state index in [-0.39, 0.29) is 28.2 Å². The van der Waals surface area contributed by atoms with Crippen molar-refractivity contribution in [3.63, 3.8) is 0 Å². The van der Waals surface area contributed by atoms with Gasteiger partial charge in [0.2, 0.25) is 11.1 Å². The monoisotopic (exact) mass is 403 g/mol. The lowest BCUT2D eigenvalue weighted by molar-refractivity contribution is -0.113. The van der Waals surface area contributed by atoms with Crippen molar-refractivity contribution in [2.75, 3.05) is 31.1 Å². The first-order chi connectivity index (χ1) is 13.5. The molecule has 0 unspecified atom stereocenters. The average molecular weight is 403 g/mol. The Morgan fingerprint density at radius 3 is 2.50 bits per heavy atom. The van der Waals surface area contributed by atoms with Crippen LogP contribution in [0.4, 0.5) is 10.1 Å². The zero-order chi connectivity index (χ0) is 20.1. The summed E-state index contributed by atoms with van der Waals surface area (Å²) in [6.07, 6.45) is 0. The van der Waals surface area contributed by atoms with Crippen molar-refractivity contribution >= 4 is 23.4 Å². The van der Waals surface area contributed by atoms with Gasteiger partial charge in [-0.25, -0.2) is 9.07 Å². The lowest BCUT2D eigenvalue weighted by atomic mass is 10.2. The second-order valence-electron chi connectivity index (χ2n) is 5.59. The van der Waals surface area contributed by atoms with Crippen LogP contribution < -0.4 is 20.6 Å². The van der Waals surface area contributed by atoms with E-state index in [0.717, 1.165) is 16.4 Å². The minimum atomic E-state index is -0.456. The number of thioether (sulfide) groups is 1. The van der Waals surface area contributed by atoms with E-state index >= 15 is 0 Å². The number of nitrogens with zero attached hydrogens (tertiary/aromatic N) is 3. The fourth-order valence-corrected chi connectivity index (χ4v) is 3.06. The van der Waals surface area contributed by atoms with Gasteiger partial charge in [0.25, 0.3) is 0 Å². The fraction of sp³-hybridized carbons (Fsp3) is 0.167. The Hall–Kier alpha value is -3.27. The molecule has 0 fully saturated rings. The second-order valence-corrected chi connectivity index (χ2v) is 6.54. The van der Waals surface area contributed by atoms with Gasteiger partial charge in [-0.3, -0.25) is 4.79 Å². The third-order valence-electron chi connectivity index (χ3n) is 3.75. The fourth-order valence-electron chi connectivity index (χ4n) is 2.41. The van der Waals surface area contributed by atoms with Crippen LogP contribution in [0, 0.1) is 5.82 Å². The number of nitrogens with one attached hydrogen (secondary N) is 1. The van der Waals surface area contributed by atoms with E-state index in [1.54, 1.807) is 36.4 Å². The number of aromatic nitrogens is 3. The van der Waals surface area contributed by atoms with E-state index < -0.39 is 5.82 Å². The van der Waals surface area contributed by atoms with Crippen molar-refractivity contribution < 1.29 is 18.7 Å². The lowest BCUT2D eigenvalue weighted by Gasteiger charge is -2.09. The molecule has 146 valence electrons. The molecule has 0 aliphatic carbocycles. The first-order valence-corrected chi connectivity index (χ1v) is 9.11. The van der Waals surface area contributed by atoms with Crippen LogP contribution in [-0.2, 0) is 4.79 Å². The highest BCUT2D eigenvalue weighted by Gasteiger charge is 2.16. The maximum Gasteiger partial charge on any atom is 0.234 e. The largest absolute Gasteiger partial charge is 0.497 e. The van der Waals surface area contributed by atoms with Gasteiger partial charge in [-0.2, -0.15) is 0 Å². The molecule has 0 bridgehead atoms. The molecule has 1 heterocycles. The van der Waals surface area contributed by atoms with Crippen molar-refractivity contribution in [3.8, 4) is 22.9 Å². The first-order valence-electron chi connectivity index (χ1n) is 8.13. The third-order valence-corrected chi connectivity index (χ3v) is 4.69. The van der Waals surface area contributed by atoms with Crippen LogP contribution in [0.25, 0.3) is 11.4 Å². The Morgan fingerprint density at radius 2 is 1.86 bits per heavy atom. The highest BCUT2D eigenvalue weighted by molar-refractivity contribution is 7.99. The van der Waals surface area contributed by atoms with Gasteiger partial charge in [0.1, 0.15) is 17.3 Å². The van der Waals surface area contributed by atoms with Crippen LogP contribution in [-0.4, -0.2) is 40.8 Å². The van der Waals surface area contributed by atoms with Crippen molar-refractivity contribution in [2.45, 2.75) is 5.16 Å². The second kappa shape index (κ2) is 8.61. The summed E-state index contributed by atoms with van der Waals surface area (Å²) in [6.45, 7) is 0. The number of rotatable bonds is 7. The zero-order valence-electron chi connectivity index (χ0n) is 15.2. The number of amides is 1. The number of carbonyl (C=O) groups is 1. The number of hydrogen-bond donors (Lipinski definition) is 2. The molecule has 28 heavy (non-hydrogen) atoms. The summed E-state index contributed by atoms with van der Waals surface area (Å²) in [5.74, 6) is 6.54. The number of ether oxygens (including phenoxy) is 2. The average Bonchev–Trinajstić information content (AvgIpc) is 3.06. The Morgan fingerprint density at radius 1 is 1.18 bits per heavy atom. The minimum Gasteiger partial charge on any atom is -0.497 e. The van der Waals surface area contributed by atoms with Crippen LogP contribution in [0.3, 0.4) is 0 Å². The Kier molecular flexibility index (Phi) is 5.99. The molecule has 1 amide bonds. The van der Waals surface area contributed by atoms with Crippen molar-refractivity contribution in [1.82, 2.24) is 14.9 Å². The number of benzene rings is 2. The van der Waals surface area contributed by atoms with Crippen LogP contribution in [0.15, 0.2) is 47.6 Å². The SMILES string of the molecule is COc1cc(NC(=O)CSc2nnc(-c3ccccc3F)n2N)cc(OC)c1. The highest BCUT2D eigenvalue weighted by atomic mass is 32.2. The van der Waals surface area contributed by atoms with E-state index in [4.69, 9.17) is 15.3 Å². The maximum absolute atomic E-state index is 13.9. The van der Waals surface area contributed by atoms with Crippen LogP contribution in [0.1, 0.15) is 0 Å². The number of methoxy groups -OCH3 is 2. The molecule has 0 spiro atoms. The number of anilines is 1. The number of nitrogen functional groups attached to an aromatic ring is 1. The Bertz CT molecular complexity index is 973. The number of halogens is 1. The smallest absolute Gasteiger partial charge is 0.234 e. The summed E-state index contributed by atoms with van der Waals surface area (Å²) in [5.41, 5.74) is 0.764. The molecule has 3 rings (SSSR count). The molecule has 1 aromatic heterocycles. The van der Waals surface area contributed by atoms with Gasteiger partial charge in [-0.05, 0) is 12.1 Å². The Labute approximate surface area is 164 Å². The summed E-state index contributed by atoms with van der Waals surface area (Å²) in [4.78, 5) is 12.3. The van der Waals surface area contributed by atoms with Gasteiger partial charge in [0, 0.05) is 23.9 Å². The van der Waals surface area contributed by atoms with Gasteiger partial charge in [0.05, 0.1) is 25.5 Å². The quantitative estimate of drug-likeness (QED) is 0.461. The van der Waals surface area contributed by atoms with Gasteiger partial charge in [-0.15, -0.1) is 10.2 Å². The molecule has 0 atom stereocenters. The van der Waals surface area contributed by atoms with Gasteiger partial charge in [-0.1, -0.05) is 23.9 Å². The molecular weight excluding hydrogens is 385 g/mol.